The molecule has 0 aliphatic carbocycles. The van der Waals surface area contributed by atoms with Crippen molar-refractivity contribution in [3.05, 3.63) is 48.2 Å². The molecule has 0 fully saturated rings. The zero-order valence-corrected chi connectivity index (χ0v) is 7.74. The third kappa shape index (κ3) is 1.62. The van der Waals surface area contributed by atoms with Gasteiger partial charge in [-0.25, -0.2) is 4.39 Å². The highest BCUT2D eigenvalue weighted by Gasteiger charge is 2.02. The second-order valence-corrected chi connectivity index (χ2v) is 3.01. The number of hydrogen-bond donors (Lipinski definition) is 0. The molecule has 0 saturated heterocycles. The molecule has 0 saturated carbocycles. The molecule has 0 unspecified atom stereocenters. The van der Waals surface area contributed by atoms with Crippen LogP contribution in [0.2, 0.25) is 0 Å². The normalized spacial score (nSPS) is 10.1. The molecule has 3 heteroatoms. The van der Waals surface area contributed by atoms with E-state index in [9.17, 15) is 4.39 Å². The van der Waals surface area contributed by atoms with Crippen LogP contribution in [0.25, 0.3) is 11.3 Å². The third-order valence-corrected chi connectivity index (χ3v) is 1.99. The molecule has 2 rings (SSSR count). The van der Waals surface area contributed by atoms with Gasteiger partial charge in [-0.15, -0.1) is 0 Å². The number of halogens is 1. The van der Waals surface area contributed by atoms with Crippen molar-refractivity contribution >= 4 is 0 Å². The van der Waals surface area contributed by atoms with E-state index >= 15 is 0 Å². The van der Waals surface area contributed by atoms with Crippen molar-refractivity contribution in [2.45, 2.75) is 6.92 Å². The molecule has 0 amide bonds. The molecule has 0 aliphatic rings. The third-order valence-electron chi connectivity index (χ3n) is 1.99. The lowest BCUT2D eigenvalue weighted by molar-refractivity contribution is 0.610. The van der Waals surface area contributed by atoms with Crippen LogP contribution in [0.3, 0.4) is 0 Å². The quantitative estimate of drug-likeness (QED) is 0.687. The lowest BCUT2D eigenvalue weighted by atomic mass is 10.2. The maximum absolute atomic E-state index is 13.2. The van der Waals surface area contributed by atoms with Crippen LogP contribution >= 0.6 is 0 Å². The summed E-state index contributed by atoms with van der Waals surface area (Å²) in [6.07, 6.45) is 3.30. The Labute approximate surface area is 81.5 Å². The molecule has 70 valence electrons. The summed E-state index contributed by atoms with van der Waals surface area (Å²) < 4.78 is 13.2. The van der Waals surface area contributed by atoms with Crippen LogP contribution in [0.5, 0.6) is 0 Å². The number of aryl methyl sites for hydroxylation is 1. The highest BCUT2D eigenvalue weighted by Crippen LogP contribution is 2.16. The fraction of sp³-hybridized carbons (Fsp3) is 0.0909. The van der Waals surface area contributed by atoms with Gasteiger partial charge in [0.15, 0.2) is 0 Å². The predicted molar refractivity (Wildman–Crippen MR) is 52.2 cm³/mol. The fourth-order valence-electron chi connectivity index (χ4n) is 1.18. The Balaban J connectivity index is 2.48. The van der Waals surface area contributed by atoms with E-state index < -0.39 is 0 Å². The molecule has 0 bridgehead atoms. The predicted octanol–water partition coefficient (Wildman–Crippen LogP) is 2.59. The van der Waals surface area contributed by atoms with Gasteiger partial charge in [0, 0.05) is 18.0 Å². The minimum atomic E-state index is -0.298. The van der Waals surface area contributed by atoms with E-state index in [0.29, 0.717) is 11.3 Å². The molecule has 14 heavy (non-hydrogen) atoms. The van der Waals surface area contributed by atoms with Crippen molar-refractivity contribution in [2.75, 3.05) is 0 Å². The number of aromatic nitrogens is 2. The number of rotatable bonds is 1. The number of nitrogens with zero attached hydrogens (tertiary/aromatic N) is 2. The highest BCUT2D eigenvalue weighted by atomic mass is 19.1. The Hall–Kier alpha value is -1.77. The summed E-state index contributed by atoms with van der Waals surface area (Å²) in [5.41, 5.74) is 1.84. The first kappa shape index (κ1) is 8.81. The van der Waals surface area contributed by atoms with Gasteiger partial charge >= 0.3 is 0 Å². The lowest BCUT2D eigenvalue weighted by Gasteiger charge is -2.00. The molecule has 0 atom stereocenters. The van der Waals surface area contributed by atoms with E-state index in [1.165, 1.54) is 6.07 Å². The van der Waals surface area contributed by atoms with Crippen molar-refractivity contribution in [3.63, 3.8) is 0 Å². The van der Waals surface area contributed by atoms with Crippen LogP contribution in [0.15, 0.2) is 36.7 Å². The molecule has 2 aromatic rings. The van der Waals surface area contributed by atoms with E-state index in [4.69, 9.17) is 0 Å². The van der Waals surface area contributed by atoms with Crippen LogP contribution in [0, 0.1) is 12.7 Å². The van der Waals surface area contributed by atoms with Gasteiger partial charge in [-0.1, -0.05) is 6.07 Å². The Kier molecular flexibility index (Phi) is 2.23. The van der Waals surface area contributed by atoms with Crippen molar-refractivity contribution in [1.29, 1.82) is 0 Å². The summed E-state index contributed by atoms with van der Waals surface area (Å²) in [4.78, 5) is 8.05. The SMILES string of the molecule is Cc1ncc(-c2ccccn2)cc1F. The molecule has 0 aromatic carbocycles. The standard InChI is InChI=1S/C11H9FN2/c1-8-10(12)6-9(7-14-8)11-4-2-3-5-13-11/h2-7H,1H3. The van der Waals surface area contributed by atoms with Gasteiger partial charge in [-0.2, -0.15) is 0 Å². The Morgan fingerprint density at radius 3 is 2.71 bits per heavy atom. The average molecular weight is 188 g/mol. The molecule has 0 radical (unpaired) electrons. The first-order valence-corrected chi connectivity index (χ1v) is 4.31. The minimum Gasteiger partial charge on any atom is -0.258 e. The summed E-state index contributed by atoms with van der Waals surface area (Å²) in [7, 11) is 0. The van der Waals surface area contributed by atoms with Gasteiger partial charge in [0.25, 0.3) is 0 Å². The molecule has 2 nitrogen and oxygen atoms in total. The van der Waals surface area contributed by atoms with Gasteiger partial charge in [0.2, 0.25) is 0 Å². The Morgan fingerprint density at radius 2 is 2.07 bits per heavy atom. The van der Waals surface area contributed by atoms with E-state index in [2.05, 4.69) is 9.97 Å². The van der Waals surface area contributed by atoms with Crippen LogP contribution in [-0.2, 0) is 0 Å². The fourth-order valence-corrected chi connectivity index (χ4v) is 1.18. The van der Waals surface area contributed by atoms with Crippen molar-refractivity contribution in [2.24, 2.45) is 0 Å². The van der Waals surface area contributed by atoms with Gasteiger partial charge in [-0.05, 0) is 25.1 Å². The molecule has 2 heterocycles. The van der Waals surface area contributed by atoms with Crippen molar-refractivity contribution in [3.8, 4) is 11.3 Å². The second-order valence-electron chi connectivity index (χ2n) is 3.01. The van der Waals surface area contributed by atoms with E-state index in [1.54, 1.807) is 19.3 Å². The zero-order chi connectivity index (χ0) is 9.97. The van der Waals surface area contributed by atoms with Gasteiger partial charge in [0.1, 0.15) is 5.82 Å². The van der Waals surface area contributed by atoms with Crippen LogP contribution < -0.4 is 0 Å². The van der Waals surface area contributed by atoms with Gasteiger partial charge < -0.3 is 0 Å². The monoisotopic (exact) mass is 188 g/mol. The van der Waals surface area contributed by atoms with Crippen molar-refractivity contribution in [1.82, 2.24) is 9.97 Å². The molecule has 0 aliphatic heterocycles. The van der Waals surface area contributed by atoms with Crippen LogP contribution in [0.4, 0.5) is 4.39 Å². The second kappa shape index (κ2) is 3.54. The van der Waals surface area contributed by atoms with E-state index in [-0.39, 0.29) is 5.82 Å². The molecule has 2 aromatic heterocycles. The summed E-state index contributed by atoms with van der Waals surface area (Å²) in [6.45, 7) is 1.64. The van der Waals surface area contributed by atoms with Crippen LogP contribution in [0.1, 0.15) is 5.69 Å². The zero-order valence-electron chi connectivity index (χ0n) is 7.74. The summed E-state index contributed by atoms with van der Waals surface area (Å²) in [6, 6.07) is 6.96. The van der Waals surface area contributed by atoms with Gasteiger partial charge in [-0.3, -0.25) is 9.97 Å². The summed E-state index contributed by atoms with van der Waals surface area (Å²) in [5, 5.41) is 0. The van der Waals surface area contributed by atoms with Crippen LogP contribution in [-0.4, -0.2) is 9.97 Å². The first-order chi connectivity index (χ1) is 6.77. The first-order valence-electron chi connectivity index (χ1n) is 4.31. The minimum absolute atomic E-state index is 0.298. The Morgan fingerprint density at radius 1 is 1.21 bits per heavy atom. The Bertz CT molecular complexity index is 440. The largest absolute Gasteiger partial charge is 0.258 e. The molecular weight excluding hydrogens is 179 g/mol. The highest BCUT2D eigenvalue weighted by molar-refractivity contribution is 5.57. The van der Waals surface area contributed by atoms with Crippen molar-refractivity contribution < 1.29 is 4.39 Å². The molecular formula is C11H9FN2. The number of pyridine rings is 2. The maximum atomic E-state index is 13.2. The average Bonchev–Trinajstić information content (AvgIpc) is 2.23. The molecule has 0 N–H and O–H groups in total. The lowest BCUT2D eigenvalue weighted by Crippen LogP contribution is -1.90. The topological polar surface area (TPSA) is 25.8 Å². The smallest absolute Gasteiger partial charge is 0.145 e. The number of hydrogen-bond acceptors (Lipinski definition) is 2. The molecule has 0 spiro atoms. The van der Waals surface area contributed by atoms with Gasteiger partial charge in [0.05, 0.1) is 11.4 Å². The maximum Gasteiger partial charge on any atom is 0.145 e. The summed E-state index contributed by atoms with van der Waals surface area (Å²) >= 11 is 0. The van der Waals surface area contributed by atoms with E-state index in [1.807, 2.05) is 18.2 Å². The summed E-state index contributed by atoms with van der Waals surface area (Å²) in [5.74, 6) is -0.298. The van der Waals surface area contributed by atoms with E-state index in [0.717, 1.165) is 5.69 Å².